The predicted molar refractivity (Wildman–Crippen MR) is 76.7 cm³/mol. The van der Waals surface area contributed by atoms with E-state index in [0.29, 0.717) is 16.6 Å². The summed E-state index contributed by atoms with van der Waals surface area (Å²) < 4.78 is 0. The molecular weight excluding hydrogens is 244 g/mol. The van der Waals surface area contributed by atoms with E-state index in [4.69, 9.17) is 18.0 Å². The molecule has 96 valence electrons. The Morgan fingerprint density at radius 1 is 1.33 bits per heavy atom. The number of hydrogen-bond acceptors (Lipinski definition) is 2. The zero-order chi connectivity index (χ0) is 13.1. The molecule has 2 rings (SSSR count). The third-order valence-corrected chi connectivity index (χ3v) is 3.82. The van der Waals surface area contributed by atoms with E-state index in [1.165, 1.54) is 12.8 Å². The number of amides is 1. The van der Waals surface area contributed by atoms with Gasteiger partial charge in [-0.2, -0.15) is 0 Å². The van der Waals surface area contributed by atoms with E-state index >= 15 is 0 Å². The van der Waals surface area contributed by atoms with Crippen LogP contribution in [0.1, 0.15) is 41.6 Å². The van der Waals surface area contributed by atoms with Gasteiger partial charge in [-0.1, -0.05) is 37.2 Å². The van der Waals surface area contributed by atoms with Crippen LogP contribution in [0.4, 0.5) is 0 Å². The predicted octanol–water partition coefficient (Wildman–Crippen LogP) is 2.34. The second-order valence-electron chi connectivity index (χ2n) is 4.80. The zero-order valence-electron chi connectivity index (χ0n) is 10.6. The largest absolute Gasteiger partial charge is 0.389 e. The summed E-state index contributed by atoms with van der Waals surface area (Å²) in [6, 6.07) is 7.62. The van der Waals surface area contributed by atoms with Gasteiger partial charge in [-0.05, 0) is 25.0 Å². The third-order valence-electron chi connectivity index (χ3n) is 3.59. The summed E-state index contributed by atoms with van der Waals surface area (Å²) in [5, 5.41) is 0. The lowest BCUT2D eigenvalue weighted by molar-refractivity contribution is 0.0735. The lowest BCUT2D eigenvalue weighted by atomic mass is 10.1. The second kappa shape index (κ2) is 5.48. The minimum atomic E-state index is 0.0556. The first-order valence-electron chi connectivity index (χ1n) is 6.26. The molecular formula is C14H18N2OS. The van der Waals surface area contributed by atoms with Gasteiger partial charge in [0.15, 0.2) is 0 Å². The Hall–Kier alpha value is -1.42. The molecule has 0 spiro atoms. The van der Waals surface area contributed by atoms with Crippen LogP contribution >= 0.6 is 12.2 Å². The number of thiocarbonyl (C=S) groups is 1. The van der Waals surface area contributed by atoms with Crippen molar-refractivity contribution >= 4 is 23.1 Å². The normalized spacial score (nSPS) is 15.6. The summed E-state index contributed by atoms with van der Waals surface area (Å²) in [5.74, 6) is 0.0556. The number of carbonyl (C=O) groups is 1. The van der Waals surface area contributed by atoms with Gasteiger partial charge in [0, 0.05) is 24.2 Å². The highest BCUT2D eigenvalue weighted by Crippen LogP contribution is 2.23. The molecule has 2 N–H and O–H groups in total. The Bertz CT molecular complexity index is 467. The van der Waals surface area contributed by atoms with Crippen LogP contribution in [0.25, 0.3) is 0 Å². The van der Waals surface area contributed by atoms with Crippen LogP contribution < -0.4 is 5.73 Å². The smallest absolute Gasteiger partial charge is 0.253 e. The van der Waals surface area contributed by atoms with E-state index in [1.807, 2.05) is 30.1 Å². The van der Waals surface area contributed by atoms with Crippen LogP contribution in [0, 0.1) is 0 Å². The molecule has 1 aliphatic rings. The molecule has 0 atom stereocenters. The lowest BCUT2D eigenvalue weighted by Crippen LogP contribution is -2.35. The van der Waals surface area contributed by atoms with Crippen LogP contribution in [0.15, 0.2) is 24.3 Å². The average Bonchev–Trinajstić information content (AvgIpc) is 2.91. The topological polar surface area (TPSA) is 46.3 Å². The number of hydrogen-bond donors (Lipinski definition) is 1. The van der Waals surface area contributed by atoms with Crippen molar-refractivity contribution in [2.75, 3.05) is 7.05 Å². The summed E-state index contributed by atoms with van der Waals surface area (Å²) >= 11 is 4.93. The Morgan fingerprint density at radius 3 is 2.56 bits per heavy atom. The van der Waals surface area contributed by atoms with Gasteiger partial charge < -0.3 is 10.6 Å². The highest BCUT2D eigenvalue weighted by Gasteiger charge is 2.24. The molecule has 1 aromatic carbocycles. The fraction of sp³-hybridized carbons (Fsp3) is 0.429. The quantitative estimate of drug-likeness (QED) is 0.850. The zero-order valence-corrected chi connectivity index (χ0v) is 11.4. The Balaban J connectivity index is 2.17. The maximum absolute atomic E-state index is 12.3. The molecule has 1 fully saturated rings. The van der Waals surface area contributed by atoms with Crippen LogP contribution in [0.2, 0.25) is 0 Å². The van der Waals surface area contributed by atoms with E-state index in [2.05, 4.69) is 0 Å². The van der Waals surface area contributed by atoms with E-state index in [1.54, 1.807) is 6.07 Å². The number of rotatable bonds is 3. The van der Waals surface area contributed by atoms with Crippen molar-refractivity contribution < 1.29 is 4.79 Å². The summed E-state index contributed by atoms with van der Waals surface area (Å²) in [4.78, 5) is 14.5. The molecule has 0 aromatic heterocycles. The van der Waals surface area contributed by atoms with E-state index in [9.17, 15) is 4.79 Å². The molecule has 1 aliphatic carbocycles. The molecule has 1 saturated carbocycles. The summed E-state index contributed by atoms with van der Waals surface area (Å²) in [6.07, 6.45) is 4.65. The van der Waals surface area contributed by atoms with Crippen LogP contribution in [0.3, 0.4) is 0 Å². The number of nitrogens with zero attached hydrogens (tertiary/aromatic N) is 1. The fourth-order valence-corrected chi connectivity index (χ4v) is 2.59. The van der Waals surface area contributed by atoms with Gasteiger partial charge in [-0.25, -0.2) is 0 Å². The van der Waals surface area contributed by atoms with Crippen molar-refractivity contribution in [3.8, 4) is 0 Å². The van der Waals surface area contributed by atoms with E-state index < -0.39 is 0 Å². The average molecular weight is 262 g/mol. The Labute approximate surface area is 113 Å². The van der Waals surface area contributed by atoms with Gasteiger partial charge in [0.1, 0.15) is 4.99 Å². The monoisotopic (exact) mass is 262 g/mol. The first-order valence-corrected chi connectivity index (χ1v) is 6.67. The standard InChI is InChI=1S/C14H18N2OS/c1-16(12-7-2-3-8-12)14(17)11-6-4-5-10(9-11)13(15)18/h4-6,9,12H,2-3,7-8H2,1H3,(H2,15,18). The van der Waals surface area contributed by atoms with E-state index in [-0.39, 0.29) is 5.91 Å². The van der Waals surface area contributed by atoms with Gasteiger partial charge in [-0.3, -0.25) is 4.79 Å². The van der Waals surface area contributed by atoms with E-state index in [0.717, 1.165) is 18.4 Å². The second-order valence-corrected chi connectivity index (χ2v) is 5.24. The summed E-state index contributed by atoms with van der Waals surface area (Å²) in [7, 11) is 1.88. The molecule has 0 unspecified atom stereocenters. The Kier molecular flexibility index (Phi) is 3.97. The maximum atomic E-state index is 12.3. The fourth-order valence-electron chi connectivity index (χ4n) is 2.47. The number of carbonyl (C=O) groups excluding carboxylic acids is 1. The first kappa shape index (κ1) is 13.0. The van der Waals surface area contributed by atoms with Gasteiger partial charge in [0.05, 0.1) is 0 Å². The summed E-state index contributed by atoms with van der Waals surface area (Å²) in [5.41, 5.74) is 7.00. The maximum Gasteiger partial charge on any atom is 0.253 e. The number of benzene rings is 1. The lowest BCUT2D eigenvalue weighted by Gasteiger charge is -2.24. The van der Waals surface area contributed by atoms with Crippen molar-refractivity contribution in [2.24, 2.45) is 5.73 Å². The molecule has 4 heteroatoms. The highest BCUT2D eigenvalue weighted by atomic mass is 32.1. The first-order chi connectivity index (χ1) is 8.59. The van der Waals surface area contributed by atoms with Crippen molar-refractivity contribution in [1.29, 1.82) is 0 Å². The summed E-state index contributed by atoms with van der Waals surface area (Å²) in [6.45, 7) is 0. The van der Waals surface area contributed by atoms with Crippen LogP contribution in [-0.4, -0.2) is 28.9 Å². The third kappa shape index (κ3) is 2.70. The molecule has 0 heterocycles. The molecule has 3 nitrogen and oxygen atoms in total. The van der Waals surface area contributed by atoms with Crippen molar-refractivity contribution in [1.82, 2.24) is 4.90 Å². The van der Waals surface area contributed by atoms with Gasteiger partial charge in [0.25, 0.3) is 5.91 Å². The minimum Gasteiger partial charge on any atom is -0.389 e. The highest BCUT2D eigenvalue weighted by molar-refractivity contribution is 7.80. The van der Waals surface area contributed by atoms with Gasteiger partial charge in [0.2, 0.25) is 0 Å². The SMILES string of the molecule is CN(C(=O)c1cccc(C(N)=S)c1)C1CCCC1. The van der Waals surface area contributed by atoms with Crippen molar-refractivity contribution in [3.05, 3.63) is 35.4 Å². The van der Waals surface area contributed by atoms with Gasteiger partial charge in [-0.15, -0.1) is 0 Å². The molecule has 18 heavy (non-hydrogen) atoms. The van der Waals surface area contributed by atoms with Crippen LogP contribution in [0.5, 0.6) is 0 Å². The Morgan fingerprint density at radius 2 is 1.94 bits per heavy atom. The van der Waals surface area contributed by atoms with Crippen molar-refractivity contribution in [3.63, 3.8) is 0 Å². The molecule has 0 radical (unpaired) electrons. The molecule has 0 bridgehead atoms. The molecule has 0 aliphatic heterocycles. The molecule has 0 saturated heterocycles. The van der Waals surface area contributed by atoms with Crippen LogP contribution in [-0.2, 0) is 0 Å². The number of nitrogens with two attached hydrogens (primary N) is 1. The molecule has 1 amide bonds. The molecule has 1 aromatic rings. The minimum absolute atomic E-state index is 0.0556. The van der Waals surface area contributed by atoms with Crippen molar-refractivity contribution in [2.45, 2.75) is 31.7 Å². The van der Waals surface area contributed by atoms with Gasteiger partial charge >= 0.3 is 0 Å².